The summed E-state index contributed by atoms with van der Waals surface area (Å²) in [4.78, 5) is 26.3. The Kier molecular flexibility index (Phi) is 7.31. The second kappa shape index (κ2) is 10.6. The molecule has 0 saturated carbocycles. The molecule has 1 saturated heterocycles. The van der Waals surface area contributed by atoms with Crippen LogP contribution >= 0.6 is 0 Å². The van der Waals surface area contributed by atoms with E-state index in [1.165, 1.54) is 0 Å². The molecule has 1 aromatic carbocycles. The molecule has 1 amide bonds. The van der Waals surface area contributed by atoms with E-state index < -0.39 is 5.60 Å². The normalized spacial score (nSPS) is 17.6. The van der Waals surface area contributed by atoms with Crippen LogP contribution in [0.25, 0.3) is 33.2 Å². The molecule has 1 aliphatic rings. The standard InChI is InChI=1S/C30H38N6O4/c1-18-14-36(16-25(18)35(7)29(37)40-30(3,4)5)22-11-20-9-10-24(32-28(20)31-13-22)23-12-21-15-34(6)33-26(21)19(2)27(23)39-17-38-8/h9-13,15,18,25H,14,16-17H2,1-8H3/t18-,25-/m0/s1. The van der Waals surface area contributed by atoms with Crippen LogP contribution in [0.2, 0.25) is 0 Å². The number of amides is 1. The van der Waals surface area contributed by atoms with E-state index in [9.17, 15) is 4.79 Å². The van der Waals surface area contributed by atoms with Crippen molar-refractivity contribution >= 4 is 33.7 Å². The number of fused-ring (bicyclic) bond motifs is 2. The summed E-state index contributed by atoms with van der Waals surface area (Å²) >= 11 is 0. The summed E-state index contributed by atoms with van der Waals surface area (Å²) in [5, 5.41) is 6.54. The van der Waals surface area contributed by atoms with Gasteiger partial charge in [0, 0.05) is 62.4 Å². The van der Waals surface area contributed by atoms with Crippen molar-refractivity contribution in [1.82, 2.24) is 24.6 Å². The molecule has 4 aromatic rings. The molecule has 1 fully saturated rings. The fraction of sp³-hybridized carbons (Fsp3) is 0.467. The molecule has 0 bridgehead atoms. The number of hydrogen-bond acceptors (Lipinski definition) is 8. The molecule has 10 nitrogen and oxygen atoms in total. The van der Waals surface area contributed by atoms with Crippen LogP contribution < -0.4 is 9.64 Å². The number of pyridine rings is 2. The zero-order valence-electron chi connectivity index (χ0n) is 24.6. The number of benzene rings is 1. The average Bonchev–Trinajstić information content (AvgIpc) is 3.48. The van der Waals surface area contributed by atoms with E-state index in [4.69, 9.17) is 24.2 Å². The number of methoxy groups -OCH3 is 1. The highest BCUT2D eigenvalue weighted by Crippen LogP contribution is 2.38. The zero-order chi connectivity index (χ0) is 28.8. The quantitative estimate of drug-likeness (QED) is 0.306. The van der Waals surface area contributed by atoms with E-state index in [1.807, 2.05) is 66.3 Å². The number of hydrogen-bond donors (Lipinski definition) is 0. The van der Waals surface area contributed by atoms with Crippen molar-refractivity contribution in [2.45, 2.75) is 46.3 Å². The third-order valence-electron chi connectivity index (χ3n) is 7.34. The largest absolute Gasteiger partial charge is 0.466 e. The highest BCUT2D eigenvalue weighted by molar-refractivity contribution is 5.92. The van der Waals surface area contributed by atoms with Gasteiger partial charge in [-0.2, -0.15) is 5.10 Å². The monoisotopic (exact) mass is 546 g/mol. The van der Waals surface area contributed by atoms with E-state index in [-0.39, 0.29) is 24.8 Å². The lowest BCUT2D eigenvalue weighted by molar-refractivity contribution is 0.0208. The Balaban J connectivity index is 1.42. The summed E-state index contributed by atoms with van der Waals surface area (Å²) in [5.74, 6) is 0.979. The van der Waals surface area contributed by atoms with Crippen molar-refractivity contribution in [2.24, 2.45) is 13.0 Å². The van der Waals surface area contributed by atoms with Gasteiger partial charge in [-0.25, -0.2) is 14.8 Å². The van der Waals surface area contributed by atoms with Crippen molar-refractivity contribution in [1.29, 1.82) is 0 Å². The maximum Gasteiger partial charge on any atom is 0.410 e. The van der Waals surface area contributed by atoms with Crippen molar-refractivity contribution in [3.8, 4) is 17.0 Å². The van der Waals surface area contributed by atoms with Gasteiger partial charge >= 0.3 is 6.09 Å². The molecule has 0 radical (unpaired) electrons. The Bertz CT molecular complexity index is 1560. The minimum atomic E-state index is -0.528. The number of nitrogens with zero attached hydrogens (tertiary/aromatic N) is 6. The van der Waals surface area contributed by atoms with Crippen molar-refractivity contribution in [3.05, 3.63) is 42.2 Å². The van der Waals surface area contributed by atoms with E-state index >= 15 is 0 Å². The van der Waals surface area contributed by atoms with Crippen LogP contribution in [0.1, 0.15) is 33.3 Å². The number of aryl methyl sites for hydroxylation is 2. The third kappa shape index (κ3) is 5.40. The van der Waals surface area contributed by atoms with E-state index in [0.717, 1.165) is 45.3 Å². The molecule has 40 heavy (non-hydrogen) atoms. The van der Waals surface area contributed by atoms with Crippen LogP contribution in [-0.2, 0) is 16.5 Å². The van der Waals surface area contributed by atoms with Crippen LogP contribution in [0.5, 0.6) is 5.75 Å². The van der Waals surface area contributed by atoms with Gasteiger partial charge in [0.05, 0.1) is 29.1 Å². The smallest absolute Gasteiger partial charge is 0.410 e. The molecular formula is C30H38N6O4. The molecule has 4 heterocycles. The van der Waals surface area contributed by atoms with Crippen LogP contribution in [-0.4, -0.2) is 76.4 Å². The van der Waals surface area contributed by atoms with Gasteiger partial charge in [0.2, 0.25) is 0 Å². The van der Waals surface area contributed by atoms with E-state index in [2.05, 4.69) is 29.1 Å². The minimum absolute atomic E-state index is 0.0437. The first-order chi connectivity index (χ1) is 18.9. The molecule has 0 spiro atoms. The summed E-state index contributed by atoms with van der Waals surface area (Å²) in [6.45, 7) is 11.5. The number of likely N-dealkylation sites (N-methyl/N-ethyl adjacent to an activating group) is 1. The van der Waals surface area contributed by atoms with E-state index in [0.29, 0.717) is 17.9 Å². The summed E-state index contributed by atoms with van der Waals surface area (Å²) in [5.41, 5.74) is 4.58. The molecule has 5 rings (SSSR count). The molecule has 10 heteroatoms. The minimum Gasteiger partial charge on any atom is -0.466 e. The number of anilines is 1. The topological polar surface area (TPSA) is 94.8 Å². The van der Waals surface area contributed by atoms with Gasteiger partial charge in [0.1, 0.15) is 11.4 Å². The fourth-order valence-corrected chi connectivity index (χ4v) is 5.38. The summed E-state index contributed by atoms with van der Waals surface area (Å²) in [7, 11) is 5.32. The molecule has 1 aliphatic heterocycles. The number of rotatable bonds is 6. The van der Waals surface area contributed by atoms with Gasteiger partial charge in [-0.3, -0.25) is 4.68 Å². The maximum absolute atomic E-state index is 12.7. The van der Waals surface area contributed by atoms with Crippen LogP contribution in [0.15, 0.2) is 36.7 Å². The molecule has 0 N–H and O–H groups in total. The van der Waals surface area contributed by atoms with Crippen LogP contribution in [0, 0.1) is 12.8 Å². The first-order valence-electron chi connectivity index (χ1n) is 13.5. The second-order valence-corrected chi connectivity index (χ2v) is 11.6. The average molecular weight is 547 g/mol. The Morgan fingerprint density at radius 3 is 2.67 bits per heavy atom. The van der Waals surface area contributed by atoms with Crippen LogP contribution in [0.3, 0.4) is 0 Å². The van der Waals surface area contributed by atoms with Gasteiger partial charge < -0.3 is 24.0 Å². The Morgan fingerprint density at radius 2 is 1.95 bits per heavy atom. The summed E-state index contributed by atoms with van der Waals surface area (Å²) < 4.78 is 18.6. The molecule has 0 unspecified atom stereocenters. The lowest BCUT2D eigenvalue weighted by atomic mass is 10.0. The van der Waals surface area contributed by atoms with Crippen molar-refractivity contribution in [3.63, 3.8) is 0 Å². The maximum atomic E-state index is 12.7. The van der Waals surface area contributed by atoms with Crippen LogP contribution in [0.4, 0.5) is 10.5 Å². The number of aromatic nitrogens is 4. The summed E-state index contributed by atoms with van der Waals surface area (Å²) in [6, 6.07) is 8.24. The summed E-state index contributed by atoms with van der Waals surface area (Å²) in [6.07, 6.45) is 3.55. The first kappa shape index (κ1) is 27.6. The molecule has 3 aromatic heterocycles. The molecule has 212 valence electrons. The van der Waals surface area contributed by atoms with Gasteiger partial charge in [-0.05, 0) is 57.9 Å². The SMILES string of the molecule is COCOc1c(-c2ccc3cc(N4C[C@H](C)[C@@H](N(C)C(=O)OC(C)(C)C)C4)cnc3n2)cc2cn(C)nc2c1C. The molecule has 0 aliphatic carbocycles. The van der Waals surface area contributed by atoms with Gasteiger partial charge in [-0.15, -0.1) is 0 Å². The second-order valence-electron chi connectivity index (χ2n) is 11.6. The third-order valence-corrected chi connectivity index (χ3v) is 7.34. The lowest BCUT2D eigenvalue weighted by Crippen LogP contribution is -2.44. The first-order valence-corrected chi connectivity index (χ1v) is 13.5. The molecular weight excluding hydrogens is 508 g/mol. The fourth-order valence-electron chi connectivity index (χ4n) is 5.38. The number of carbonyl (C=O) groups is 1. The highest BCUT2D eigenvalue weighted by Gasteiger charge is 2.36. The zero-order valence-corrected chi connectivity index (χ0v) is 24.6. The van der Waals surface area contributed by atoms with Gasteiger partial charge in [0.25, 0.3) is 0 Å². The van der Waals surface area contributed by atoms with Crippen molar-refractivity contribution in [2.75, 3.05) is 38.9 Å². The Hall–Kier alpha value is -3.92. The number of ether oxygens (including phenoxy) is 3. The van der Waals surface area contributed by atoms with E-state index in [1.54, 1.807) is 16.7 Å². The van der Waals surface area contributed by atoms with Gasteiger partial charge in [-0.1, -0.05) is 6.92 Å². The predicted octanol–water partition coefficient (Wildman–Crippen LogP) is 5.17. The molecule has 2 atom stereocenters. The van der Waals surface area contributed by atoms with Gasteiger partial charge in [0.15, 0.2) is 12.4 Å². The Labute approximate surface area is 234 Å². The Morgan fingerprint density at radius 1 is 1.18 bits per heavy atom. The highest BCUT2D eigenvalue weighted by atomic mass is 16.7. The predicted molar refractivity (Wildman–Crippen MR) is 156 cm³/mol. The van der Waals surface area contributed by atoms with Crippen molar-refractivity contribution < 1.29 is 19.0 Å². The lowest BCUT2D eigenvalue weighted by Gasteiger charge is -2.30. The number of carbonyl (C=O) groups excluding carboxylic acids is 1.